The summed E-state index contributed by atoms with van der Waals surface area (Å²) in [7, 11) is -11.3. The van der Waals surface area contributed by atoms with Gasteiger partial charge in [-0.3, -0.25) is 0 Å². The van der Waals surface area contributed by atoms with Crippen LogP contribution in [-0.2, 0) is 20.0 Å². The lowest BCUT2D eigenvalue weighted by Crippen LogP contribution is -3.18. The lowest BCUT2D eigenvalue weighted by atomic mass is 10.3. The Labute approximate surface area is 147 Å². The average molecular weight is 435 g/mol. The Morgan fingerprint density at radius 1 is 1.08 bits per heavy atom. The van der Waals surface area contributed by atoms with Gasteiger partial charge in [0.15, 0.2) is 20.0 Å². The van der Waals surface area contributed by atoms with Gasteiger partial charge in [-0.25, -0.2) is 26.9 Å². The zero-order valence-electron chi connectivity index (χ0n) is 14.2. The second-order valence-electron chi connectivity index (χ2n) is 5.31. The number of alkyl halides is 6. The second kappa shape index (κ2) is 8.31. The average Bonchev–Trinajstić information content (AvgIpc) is 2.63. The van der Waals surface area contributed by atoms with Crippen molar-refractivity contribution < 1.29 is 48.2 Å². The summed E-state index contributed by atoms with van der Waals surface area (Å²) in [5.74, 6) is 0. The van der Waals surface area contributed by atoms with E-state index in [4.69, 9.17) is 0 Å². The fourth-order valence-corrected chi connectivity index (χ4v) is 3.68. The zero-order valence-corrected chi connectivity index (χ0v) is 15.8. The quantitative estimate of drug-likeness (QED) is 0.676. The summed E-state index contributed by atoms with van der Waals surface area (Å²) < 4.78 is 109. The Kier molecular flexibility index (Phi) is 7.97. The fraction of sp³-hybridized carbons (Fsp3) is 0.818. The van der Waals surface area contributed by atoms with Crippen molar-refractivity contribution in [3.63, 3.8) is 0 Å². The van der Waals surface area contributed by atoms with Crippen molar-refractivity contribution >= 4 is 20.0 Å². The van der Waals surface area contributed by atoms with E-state index in [1.165, 1.54) is 18.7 Å². The Bertz CT molecular complexity index is 673. The molecule has 15 heteroatoms. The molecule has 1 N–H and O–H groups in total. The molecule has 0 aromatic carbocycles. The van der Waals surface area contributed by atoms with E-state index in [1.54, 1.807) is 5.01 Å². The Morgan fingerprint density at radius 3 is 1.69 bits per heavy atom. The highest BCUT2D eigenvalue weighted by Gasteiger charge is 2.46. The molecule has 0 radical (unpaired) electrons. The van der Waals surface area contributed by atoms with E-state index in [1.807, 2.05) is 0 Å². The molecule has 0 aromatic heterocycles. The van der Waals surface area contributed by atoms with Crippen LogP contribution in [-0.4, -0.2) is 52.5 Å². The van der Waals surface area contributed by atoms with Crippen LogP contribution in [0.1, 0.15) is 27.2 Å². The number of nitrogens with one attached hydrogen (secondary N) is 1. The number of rotatable bonds is 4. The number of halogens is 6. The van der Waals surface area contributed by atoms with Crippen LogP contribution in [0.4, 0.5) is 26.3 Å². The summed E-state index contributed by atoms with van der Waals surface area (Å²) in [6.45, 7) is 7.93. The van der Waals surface area contributed by atoms with Crippen LogP contribution in [0.2, 0.25) is 0 Å². The molecule has 0 fully saturated rings. The van der Waals surface area contributed by atoms with Crippen molar-refractivity contribution in [1.29, 1.82) is 0 Å². The molecule has 0 saturated carbocycles. The number of allylic oxidation sites excluding steroid dienone is 1. The van der Waals surface area contributed by atoms with Gasteiger partial charge in [0, 0.05) is 0 Å². The van der Waals surface area contributed by atoms with E-state index in [0.717, 1.165) is 4.13 Å². The predicted molar refractivity (Wildman–Crippen MR) is 80.4 cm³/mol. The highest BCUT2D eigenvalue weighted by molar-refractivity contribution is 8.13. The third kappa shape index (κ3) is 6.28. The minimum atomic E-state index is -6.72. The van der Waals surface area contributed by atoms with E-state index in [9.17, 15) is 43.2 Å². The molecule has 0 aromatic rings. The minimum Gasteiger partial charge on any atom is -0.421 e. The number of sulfonamides is 2. The summed E-state index contributed by atoms with van der Waals surface area (Å²) in [4.78, 5) is 0. The van der Waals surface area contributed by atoms with Crippen LogP contribution in [0.25, 0.3) is 4.13 Å². The largest absolute Gasteiger partial charge is 0.480 e. The maximum Gasteiger partial charge on any atom is 0.480 e. The van der Waals surface area contributed by atoms with Gasteiger partial charge in [0.25, 0.3) is 0 Å². The molecule has 2 atom stereocenters. The van der Waals surface area contributed by atoms with Crippen LogP contribution >= 0.6 is 0 Å². The lowest BCUT2D eigenvalue weighted by molar-refractivity contribution is -1.01. The van der Waals surface area contributed by atoms with E-state index in [0.29, 0.717) is 6.04 Å². The molecule has 2 unspecified atom stereocenters. The van der Waals surface area contributed by atoms with Crippen LogP contribution in [0.5, 0.6) is 0 Å². The van der Waals surface area contributed by atoms with Gasteiger partial charge in [0.05, 0.1) is 19.3 Å². The summed E-state index contributed by atoms with van der Waals surface area (Å²) in [6.07, 6.45) is 3.59. The summed E-state index contributed by atoms with van der Waals surface area (Å²) in [6, 6.07) is 0.667. The van der Waals surface area contributed by atoms with Gasteiger partial charge >= 0.3 is 11.0 Å². The van der Waals surface area contributed by atoms with Crippen LogP contribution in [0.3, 0.4) is 0 Å². The maximum absolute atomic E-state index is 11.4. The monoisotopic (exact) mass is 435 g/mol. The van der Waals surface area contributed by atoms with E-state index in [2.05, 4.69) is 38.9 Å². The van der Waals surface area contributed by atoms with Crippen LogP contribution < -0.4 is 5.01 Å². The van der Waals surface area contributed by atoms with Gasteiger partial charge in [-0.15, -0.1) is 0 Å². The number of hydrogen-bond acceptors (Lipinski definition) is 5. The molecule has 156 valence electrons. The van der Waals surface area contributed by atoms with Gasteiger partial charge in [0.1, 0.15) is 6.04 Å². The van der Waals surface area contributed by atoms with Crippen molar-refractivity contribution in [1.82, 2.24) is 5.01 Å². The van der Waals surface area contributed by atoms with Crippen molar-refractivity contribution in [3.8, 4) is 0 Å². The fourth-order valence-electron chi connectivity index (χ4n) is 1.97. The molecular weight excluding hydrogens is 416 g/mol. The molecule has 0 bridgehead atoms. The molecule has 1 heterocycles. The SMILES string of the molecule is CCC[NH+]1C(C)C=C(C)N1C.O=S(=O)([N-]S(=O)(=O)C(F)(F)F)C(F)(F)F. The molecular formula is C11H19F6N3O4S2. The normalized spacial score (nSPS) is 21.9. The van der Waals surface area contributed by atoms with E-state index >= 15 is 0 Å². The Balaban J connectivity index is 0.000000502. The standard InChI is InChI=1S/C9H18N2.C2F6NO4S2/c1-5-6-11-9(3)7-8(2)10(11)4;3-1(4,5)14(10,11)9-15(12,13)2(6,7)8/h7,9H,5-6H2,1-4H3;/q;-1/p+1. The first-order valence-electron chi connectivity index (χ1n) is 7.02. The first-order chi connectivity index (χ1) is 11.4. The third-order valence-electron chi connectivity index (χ3n) is 3.26. The van der Waals surface area contributed by atoms with Gasteiger partial charge in [-0.05, 0) is 26.3 Å². The number of nitrogens with zero attached hydrogens (tertiary/aromatic N) is 2. The molecule has 26 heavy (non-hydrogen) atoms. The van der Waals surface area contributed by atoms with Crippen molar-refractivity contribution in [3.05, 3.63) is 15.9 Å². The van der Waals surface area contributed by atoms with Gasteiger partial charge in [-0.2, -0.15) is 26.3 Å². The predicted octanol–water partition coefficient (Wildman–Crippen LogP) is 1.49. The molecule has 1 rings (SSSR count). The van der Waals surface area contributed by atoms with Crippen molar-refractivity contribution in [2.75, 3.05) is 13.6 Å². The van der Waals surface area contributed by atoms with Crippen molar-refractivity contribution in [2.45, 2.75) is 44.3 Å². The Morgan fingerprint density at radius 2 is 1.46 bits per heavy atom. The molecule has 0 aliphatic carbocycles. The second-order valence-corrected chi connectivity index (χ2v) is 8.74. The topological polar surface area (TPSA) is 90.1 Å². The van der Waals surface area contributed by atoms with Gasteiger partial charge in [0.2, 0.25) is 0 Å². The molecule has 1 aliphatic rings. The molecule has 1 aliphatic heterocycles. The summed E-state index contributed by atoms with van der Waals surface area (Å²) >= 11 is 0. The highest BCUT2D eigenvalue weighted by atomic mass is 32.3. The minimum absolute atomic E-state index is 0.667. The number of quaternary nitrogens is 1. The molecule has 0 amide bonds. The first-order valence-corrected chi connectivity index (χ1v) is 9.90. The molecule has 7 nitrogen and oxygen atoms in total. The van der Waals surface area contributed by atoms with E-state index < -0.39 is 31.1 Å². The van der Waals surface area contributed by atoms with Crippen LogP contribution in [0, 0.1) is 0 Å². The Hall–Kier alpha value is -1.06. The van der Waals surface area contributed by atoms with Crippen molar-refractivity contribution in [2.24, 2.45) is 0 Å². The van der Waals surface area contributed by atoms with E-state index in [-0.39, 0.29) is 0 Å². The summed E-state index contributed by atoms with van der Waals surface area (Å²) in [5, 5.41) is 3.90. The van der Waals surface area contributed by atoms with Crippen LogP contribution in [0.15, 0.2) is 11.8 Å². The summed E-state index contributed by atoms with van der Waals surface area (Å²) in [5.41, 5.74) is -11.0. The molecule has 0 spiro atoms. The molecule has 0 saturated heterocycles. The third-order valence-corrected chi connectivity index (χ3v) is 6.00. The van der Waals surface area contributed by atoms with Gasteiger partial charge < -0.3 is 4.13 Å². The van der Waals surface area contributed by atoms with Gasteiger partial charge in [-0.1, -0.05) is 6.92 Å². The highest BCUT2D eigenvalue weighted by Crippen LogP contribution is 2.36. The number of hydrogen-bond donors (Lipinski definition) is 1. The lowest BCUT2D eigenvalue weighted by Gasteiger charge is -2.26. The first kappa shape index (κ1) is 24.9. The smallest absolute Gasteiger partial charge is 0.421 e. The zero-order chi connectivity index (χ0) is 21.1. The maximum atomic E-state index is 11.4.